The Bertz CT molecular complexity index is 1030. The third kappa shape index (κ3) is 3.78. The molecule has 0 atom stereocenters. The van der Waals surface area contributed by atoms with E-state index in [9.17, 15) is 13.2 Å². The quantitative estimate of drug-likeness (QED) is 0.687. The standard InChI is InChI=1S/C22H26N2O3S2/c1-16-9-12-23(13-10-16)22(25)19-15-18(7-8-21(19)28-2)29(26,27)24-14-11-17-5-3-4-6-20(17)24/h3-8,15-16H,9-14H2,1-2H3. The number of amides is 1. The summed E-state index contributed by atoms with van der Waals surface area (Å²) in [7, 11) is -3.72. The topological polar surface area (TPSA) is 57.7 Å². The number of rotatable bonds is 4. The first kappa shape index (κ1) is 20.3. The number of hydrogen-bond donors (Lipinski definition) is 0. The highest BCUT2D eigenvalue weighted by Crippen LogP contribution is 2.34. The van der Waals surface area contributed by atoms with E-state index >= 15 is 0 Å². The first-order valence-corrected chi connectivity index (χ1v) is 12.7. The number of anilines is 1. The predicted octanol–water partition coefficient (Wildman–Crippen LogP) is 4.03. The molecule has 7 heteroatoms. The summed E-state index contributed by atoms with van der Waals surface area (Å²) in [5.74, 6) is 0.557. The van der Waals surface area contributed by atoms with Crippen molar-refractivity contribution >= 4 is 33.4 Å². The van der Waals surface area contributed by atoms with Gasteiger partial charge in [0.05, 0.1) is 16.1 Å². The largest absolute Gasteiger partial charge is 0.339 e. The molecule has 2 heterocycles. The van der Waals surface area contributed by atoms with Gasteiger partial charge < -0.3 is 4.90 Å². The van der Waals surface area contributed by atoms with Crippen molar-refractivity contribution in [3.05, 3.63) is 53.6 Å². The van der Waals surface area contributed by atoms with Crippen LogP contribution in [0.1, 0.15) is 35.7 Å². The van der Waals surface area contributed by atoms with Crippen molar-refractivity contribution in [1.82, 2.24) is 4.90 Å². The summed E-state index contributed by atoms with van der Waals surface area (Å²) in [5, 5.41) is 0. The van der Waals surface area contributed by atoms with E-state index in [4.69, 9.17) is 0 Å². The van der Waals surface area contributed by atoms with Gasteiger partial charge in [-0.15, -0.1) is 11.8 Å². The number of thioether (sulfide) groups is 1. The molecule has 0 aromatic heterocycles. The maximum Gasteiger partial charge on any atom is 0.264 e. The lowest BCUT2D eigenvalue weighted by Gasteiger charge is -2.31. The van der Waals surface area contributed by atoms with Crippen molar-refractivity contribution < 1.29 is 13.2 Å². The number of carbonyl (C=O) groups is 1. The van der Waals surface area contributed by atoms with Crippen LogP contribution in [0, 0.1) is 5.92 Å². The molecule has 2 aromatic rings. The average Bonchev–Trinajstić information content (AvgIpc) is 3.18. The van der Waals surface area contributed by atoms with Gasteiger partial charge in [-0.05, 0) is 61.3 Å². The molecule has 0 aliphatic carbocycles. The van der Waals surface area contributed by atoms with Gasteiger partial charge in [0.1, 0.15) is 0 Å². The highest BCUT2D eigenvalue weighted by atomic mass is 32.2. The van der Waals surface area contributed by atoms with E-state index in [0.717, 1.165) is 42.1 Å². The van der Waals surface area contributed by atoms with Gasteiger partial charge in [0.25, 0.3) is 15.9 Å². The first-order chi connectivity index (χ1) is 13.9. The zero-order chi connectivity index (χ0) is 20.6. The smallest absolute Gasteiger partial charge is 0.264 e. The Kier molecular flexibility index (Phi) is 5.62. The summed E-state index contributed by atoms with van der Waals surface area (Å²) in [6.07, 6.45) is 4.59. The highest BCUT2D eigenvalue weighted by Gasteiger charge is 2.32. The van der Waals surface area contributed by atoms with Gasteiger partial charge in [-0.25, -0.2) is 8.42 Å². The van der Waals surface area contributed by atoms with E-state index in [1.165, 1.54) is 16.1 Å². The zero-order valence-corrected chi connectivity index (χ0v) is 18.4. The summed E-state index contributed by atoms with van der Waals surface area (Å²) < 4.78 is 28.2. The number of carbonyl (C=O) groups excluding carboxylic acids is 1. The summed E-state index contributed by atoms with van der Waals surface area (Å²) in [4.78, 5) is 16.0. The highest BCUT2D eigenvalue weighted by molar-refractivity contribution is 7.98. The molecule has 5 nitrogen and oxygen atoms in total. The fourth-order valence-electron chi connectivity index (χ4n) is 4.08. The van der Waals surface area contributed by atoms with Crippen LogP contribution in [0.3, 0.4) is 0 Å². The predicted molar refractivity (Wildman–Crippen MR) is 117 cm³/mol. The molecule has 2 aliphatic rings. The molecule has 0 bridgehead atoms. The molecular formula is C22H26N2O3S2. The maximum absolute atomic E-state index is 13.4. The van der Waals surface area contributed by atoms with Gasteiger partial charge in [-0.1, -0.05) is 25.1 Å². The fraction of sp³-hybridized carbons (Fsp3) is 0.409. The summed E-state index contributed by atoms with van der Waals surface area (Å²) in [6, 6.07) is 12.6. The Labute approximate surface area is 177 Å². The van der Waals surface area contributed by atoms with E-state index < -0.39 is 10.0 Å². The lowest BCUT2D eigenvalue weighted by Crippen LogP contribution is -2.38. The zero-order valence-electron chi connectivity index (χ0n) is 16.8. The van der Waals surface area contributed by atoms with Crippen LogP contribution in [0.4, 0.5) is 5.69 Å². The Hall–Kier alpha value is -1.99. The number of sulfonamides is 1. The van der Waals surface area contributed by atoms with E-state index in [1.54, 1.807) is 18.2 Å². The Balaban J connectivity index is 1.69. The number of hydrogen-bond acceptors (Lipinski definition) is 4. The Morgan fingerprint density at radius 2 is 1.79 bits per heavy atom. The molecular weight excluding hydrogens is 404 g/mol. The van der Waals surface area contributed by atoms with E-state index in [1.807, 2.05) is 35.4 Å². The number of piperidine rings is 1. The molecule has 0 spiro atoms. The van der Waals surface area contributed by atoms with Gasteiger partial charge in [-0.2, -0.15) is 0 Å². The summed E-state index contributed by atoms with van der Waals surface area (Å²) in [5.41, 5.74) is 2.26. The minimum Gasteiger partial charge on any atom is -0.339 e. The molecule has 0 unspecified atom stereocenters. The number of likely N-dealkylation sites (tertiary alicyclic amines) is 1. The second-order valence-corrected chi connectivity index (χ2v) is 10.5. The van der Waals surface area contributed by atoms with Crippen molar-refractivity contribution in [3.8, 4) is 0 Å². The normalized spacial score (nSPS) is 17.4. The summed E-state index contributed by atoms with van der Waals surface area (Å²) in [6.45, 7) is 4.09. The van der Waals surface area contributed by atoms with Crippen LogP contribution in [0.5, 0.6) is 0 Å². The molecule has 0 radical (unpaired) electrons. The lowest BCUT2D eigenvalue weighted by atomic mass is 9.98. The molecule has 2 aromatic carbocycles. The monoisotopic (exact) mass is 430 g/mol. The van der Waals surface area contributed by atoms with Crippen LogP contribution >= 0.6 is 11.8 Å². The van der Waals surface area contributed by atoms with Crippen molar-refractivity contribution in [2.75, 3.05) is 30.2 Å². The number of fused-ring (bicyclic) bond motifs is 1. The van der Waals surface area contributed by atoms with Crippen molar-refractivity contribution in [1.29, 1.82) is 0 Å². The number of benzene rings is 2. The molecule has 0 saturated carbocycles. The second kappa shape index (κ2) is 8.03. The van der Waals surface area contributed by atoms with Gasteiger partial charge >= 0.3 is 0 Å². The number of para-hydroxylation sites is 1. The SMILES string of the molecule is CSc1ccc(S(=O)(=O)N2CCc3ccccc32)cc1C(=O)N1CCC(C)CC1. The van der Waals surface area contributed by atoms with Crippen LogP contribution in [-0.2, 0) is 16.4 Å². The van der Waals surface area contributed by atoms with Crippen molar-refractivity contribution in [2.45, 2.75) is 36.0 Å². The minimum atomic E-state index is -3.72. The van der Waals surface area contributed by atoms with Crippen molar-refractivity contribution in [2.24, 2.45) is 5.92 Å². The minimum absolute atomic E-state index is 0.0693. The van der Waals surface area contributed by atoms with Gasteiger partial charge in [0.15, 0.2) is 0 Å². The van der Waals surface area contributed by atoms with E-state index in [2.05, 4.69) is 6.92 Å². The first-order valence-electron chi connectivity index (χ1n) is 10.00. The van der Waals surface area contributed by atoms with Crippen molar-refractivity contribution in [3.63, 3.8) is 0 Å². The van der Waals surface area contributed by atoms with Crippen LogP contribution in [0.15, 0.2) is 52.3 Å². The fourth-order valence-corrected chi connectivity index (χ4v) is 6.18. The van der Waals surface area contributed by atoms with Gasteiger partial charge in [-0.3, -0.25) is 9.10 Å². The van der Waals surface area contributed by atoms with Crippen LogP contribution < -0.4 is 4.31 Å². The Morgan fingerprint density at radius 1 is 1.07 bits per heavy atom. The van der Waals surface area contributed by atoms with Gasteiger partial charge in [0.2, 0.25) is 0 Å². The molecule has 29 heavy (non-hydrogen) atoms. The molecule has 0 N–H and O–H groups in total. The van der Waals surface area contributed by atoms with E-state index in [0.29, 0.717) is 24.4 Å². The molecule has 4 rings (SSSR count). The molecule has 1 fully saturated rings. The third-order valence-electron chi connectivity index (χ3n) is 5.90. The van der Waals surface area contributed by atoms with Crippen LogP contribution in [0.2, 0.25) is 0 Å². The molecule has 1 saturated heterocycles. The van der Waals surface area contributed by atoms with E-state index in [-0.39, 0.29) is 10.8 Å². The molecule has 1 amide bonds. The molecule has 2 aliphatic heterocycles. The van der Waals surface area contributed by atoms with Gasteiger partial charge in [0, 0.05) is 24.5 Å². The third-order valence-corrected chi connectivity index (χ3v) is 8.51. The van der Waals surface area contributed by atoms with Crippen LogP contribution in [0.25, 0.3) is 0 Å². The Morgan fingerprint density at radius 3 is 2.52 bits per heavy atom. The van der Waals surface area contributed by atoms with Crippen LogP contribution in [-0.4, -0.2) is 45.1 Å². The lowest BCUT2D eigenvalue weighted by molar-refractivity contribution is 0.0693. The maximum atomic E-state index is 13.4. The molecule has 154 valence electrons. The second-order valence-electron chi connectivity index (χ2n) is 7.79. The summed E-state index contributed by atoms with van der Waals surface area (Å²) >= 11 is 1.47. The average molecular weight is 431 g/mol. The number of nitrogens with zero attached hydrogens (tertiary/aromatic N) is 2.